The number of H-pyrrole nitrogens is 1. The van der Waals surface area contributed by atoms with E-state index in [4.69, 9.17) is 11.6 Å². The fraction of sp³-hybridized carbons (Fsp3) is 0.0714. The predicted octanol–water partition coefficient (Wildman–Crippen LogP) is 2.91. The molecule has 0 atom stereocenters. The van der Waals surface area contributed by atoms with Gasteiger partial charge in [0.15, 0.2) is 0 Å². The van der Waals surface area contributed by atoms with E-state index >= 15 is 0 Å². The SMILES string of the molecule is CNc1ccc(Cl)c(C(=O)Nc2nc3ccccc3[nH]2)n1. The first kappa shape index (κ1) is 13.4. The molecule has 1 amide bonds. The summed E-state index contributed by atoms with van der Waals surface area (Å²) < 4.78 is 0. The van der Waals surface area contributed by atoms with Crippen molar-refractivity contribution in [2.24, 2.45) is 0 Å². The van der Waals surface area contributed by atoms with Gasteiger partial charge in [0.1, 0.15) is 11.5 Å². The smallest absolute Gasteiger partial charge is 0.278 e. The molecule has 6 nitrogen and oxygen atoms in total. The summed E-state index contributed by atoms with van der Waals surface area (Å²) in [5.74, 6) is 0.499. The highest BCUT2D eigenvalue weighted by atomic mass is 35.5. The van der Waals surface area contributed by atoms with Crippen LogP contribution >= 0.6 is 11.6 Å². The number of para-hydroxylation sites is 2. The van der Waals surface area contributed by atoms with E-state index in [2.05, 4.69) is 25.6 Å². The van der Waals surface area contributed by atoms with Gasteiger partial charge in [-0.25, -0.2) is 9.97 Å². The van der Waals surface area contributed by atoms with Crippen LogP contribution in [0, 0.1) is 0 Å². The van der Waals surface area contributed by atoms with Crippen LogP contribution in [0.25, 0.3) is 11.0 Å². The number of imidazole rings is 1. The van der Waals surface area contributed by atoms with E-state index in [1.54, 1.807) is 19.2 Å². The monoisotopic (exact) mass is 301 g/mol. The van der Waals surface area contributed by atoms with Gasteiger partial charge in [0.25, 0.3) is 5.91 Å². The number of rotatable bonds is 3. The Kier molecular flexibility index (Phi) is 3.45. The number of nitrogens with zero attached hydrogens (tertiary/aromatic N) is 2. The number of fused-ring (bicyclic) bond motifs is 1. The molecular formula is C14H12ClN5O. The van der Waals surface area contributed by atoms with Crippen molar-refractivity contribution in [2.75, 3.05) is 17.7 Å². The predicted molar refractivity (Wildman–Crippen MR) is 82.8 cm³/mol. The molecule has 2 aromatic heterocycles. The van der Waals surface area contributed by atoms with Gasteiger partial charge in [-0.15, -0.1) is 0 Å². The van der Waals surface area contributed by atoms with Gasteiger partial charge in [-0.3, -0.25) is 10.1 Å². The van der Waals surface area contributed by atoms with Gasteiger partial charge < -0.3 is 10.3 Å². The Balaban J connectivity index is 1.89. The maximum atomic E-state index is 12.2. The largest absolute Gasteiger partial charge is 0.373 e. The van der Waals surface area contributed by atoms with E-state index in [1.165, 1.54) is 0 Å². The van der Waals surface area contributed by atoms with Crippen molar-refractivity contribution in [3.05, 3.63) is 47.1 Å². The van der Waals surface area contributed by atoms with Crippen molar-refractivity contribution in [1.82, 2.24) is 15.0 Å². The second kappa shape index (κ2) is 5.41. The summed E-state index contributed by atoms with van der Waals surface area (Å²) in [5.41, 5.74) is 1.76. The Morgan fingerprint density at radius 3 is 2.76 bits per heavy atom. The van der Waals surface area contributed by atoms with Crippen molar-refractivity contribution >= 4 is 40.3 Å². The molecule has 3 aromatic rings. The number of pyridine rings is 1. The number of aromatic amines is 1. The number of hydrogen-bond acceptors (Lipinski definition) is 4. The summed E-state index contributed by atoms with van der Waals surface area (Å²) >= 11 is 6.01. The van der Waals surface area contributed by atoms with Crippen molar-refractivity contribution < 1.29 is 4.79 Å². The lowest BCUT2D eigenvalue weighted by Crippen LogP contribution is -2.15. The molecule has 1 aromatic carbocycles. The van der Waals surface area contributed by atoms with E-state index < -0.39 is 5.91 Å². The number of amides is 1. The fourth-order valence-corrected chi connectivity index (χ4v) is 2.11. The van der Waals surface area contributed by atoms with Crippen molar-refractivity contribution in [2.45, 2.75) is 0 Å². The Bertz CT molecular complexity index is 781. The quantitative estimate of drug-likeness (QED) is 0.694. The molecule has 3 rings (SSSR count). The number of halogens is 1. The van der Waals surface area contributed by atoms with Crippen LogP contribution in [-0.4, -0.2) is 27.9 Å². The van der Waals surface area contributed by atoms with Gasteiger partial charge in [0.05, 0.1) is 16.1 Å². The third-order valence-electron chi connectivity index (χ3n) is 2.94. The maximum absolute atomic E-state index is 12.2. The molecular weight excluding hydrogens is 290 g/mol. The van der Waals surface area contributed by atoms with Gasteiger partial charge in [-0.05, 0) is 24.3 Å². The molecule has 0 saturated heterocycles. The average Bonchev–Trinajstić information content (AvgIpc) is 2.89. The van der Waals surface area contributed by atoms with Crippen LogP contribution in [0.15, 0.2) is 36.4 Å². The topological polar surface area (TPSA) is 82.7 Å². The van der Waals surface area contributed by atoms with Crippen molar-refractivity contribution in [1.29, 1.82) is 0 Å². The molecule has 0 radical (unpaired) electrons. The van der Waals surface area contributed by atoms with Crippen molar-refractivity contribution in [3.8, 4) is 0 Å². The summed E-state index contributed by atoms with van der Waals surface area (Å²) in [4.78, 5) is 23.7. The highest BCUT2D eigenvalue weighted by Gasteiger charge is 2.15. The van der Waals surface area contributed by atoms with Gasteiger partial charge >= 0.3 is 0 Å². The molecule has 7 heteroatoms. The van der Waals surface area contributed by atoms with E-state index in [-0.39, 0.29) is 10.7 Å². The zero-order chi connectivity index (χ0) is 14.8. The highest BCUT2D eigenvalue weighted by Crippen LogP contribution is 2.19. The number of aromatic nitrogens is 3. The Morgan fingerprint density at radius 2 is 2.00 bits per heavy atom. The van der Waals surface area contributed by atoms with Crippen LogP contribution in [0.1, 0.15) is 10.5 Å². The fourth-order valence-electron chi connectivity index (χ4n) is 1.92. The Morgan fingerprint density at radius 1 is 1.19 bits per heavy atom. The molecule has 0 aliphatic rings. The maximum Gasteiger partial charge on any atom is 0.278 e. The molecule has 0 bridgehead atoms. The first-order valence-electron chi connectivity index (χ1n) is 6.28. The number of carbonyl (C=O) groups is 1. The van der Waals surface area contributed by atoms with Gasteiger partial charge in [0, 0.05) is 7.05 Å². The second-order valence-electron chi connectivity index (χ2n) is 4.33. The van der Waals surface area contributed by atoms with Gasteiger partial charge in [-0.2, -0.15) is 0 Å². The Labute approximate surface area is 125 Å². The van der Waals surface area contributed by atoms with Crippen LogP contribution in [-0.2, 0) is 0 Å². The molecule has 0 aliphatic carbocycles. The van der Waals surface area contributed by atoms with Gasteiger partial charge in [0.2, 0.25) is 5.95 Å². The third-order valence-corrected chi connectivity index (χ3v) is 3.24. The summed E-state index contributed by atoms with van der Waals surface area (Å²) in [7, 11) is 1.72. The number of anilines is 2. The van der Waals surface area contributed by atoms with E-state index in [0.29, 0.717) is 11.8 Å². The molecule has 0 spiro atoms. The van der Waals surface area contributed by atoms with Crippen LogP contribution < -0.4 is 10.6 Å². The molecule has 2 heterocycles. The summed E-state index contributed by atoms with van der Waals surface area (Å²) in [6.07, 6.45) is 0. The number of carbonyl (C=O) groups excluding carboxylic acids is 1. The molecule has 3 N–H and O–H groups in total. The van der Waals surface area contributed by atoms with E-state index in [0.717, 1.165) is 11.0 Å². The lowest BCUT2D eigenvalue weighted by atomic mass is 10.3. The van der Waals surface area contributed by atoms with Crippen LogP contribution in [0.5, 0.6) is 0 Å². The molecule has 106 valence electrons. The lowest BCUT2D eigenvalue weighted by Gasteiger charge is -2.05. The second-order valence-corrected chi connectivity index (χ2v) is 4.74. The minimum Gasteiger partial charge on any atom is -0.373 e. The normalized spacial score (nSPS) is 10.6. The first-order chi connectivity index (χ1) is 10.2. The zero-order valence-electron chi connectivity index (χ0n) is 11.1. The van der Waals surface area contributed by atoms with Crippen molar-refractivity contribution in [3.63, 3.8) is 0 Å². The molecule has 0 unspecified atom stereocenters. The minimum absolute atomic E-state index is 0.143. The number of nitrogens with one attached hydrogen (secondary N) is 3. The van der Waals surface area contributed by atoms with Crippen LogP contribution in [0.3, 0.4) is 0 Å². The molecule has 21 heavy (non-hydrogen) atoms. The number of benzene rings is 1. The lowest BCUT2D eigenvalue weighted by molar-refractivity contribution is 0.102. The Hall–Kier alpha value is -2.60. The van der Waals surface area contributed by atoms with E-state index in [1.807, 2.05) is 24.3 Å². The summed E-state index contributed by atoms with van der Waals surface area (Å²) in [5, 5.41) is 5.80. The van der Waals surface area contributed by atoms with Crippen LogP contribution in [0.2, 0.25) is 5.02 Å². The molecule has 0 fully saturated rings. The minimum atomic E-state index is -0.420. The highest BCUT2D eigenvalue weighted by molar-refractivity contribution is 6.34. The molecule has 0 aliphatic heterocycles. The first-order valence-corrected chi connectivity index (χ1v) is 6.65. The van der Waals surface area contributed by atoms with E-state index in [9.17, 15) is 4.79 Å². The number of hydrogen-bond donors (Lipinski definition) is 3. The third kappa shape index (κ3) is 2.66. The zero-order valence-corrected chi connectivity index (χ0v) is 11.9. The van der Waals surface area contributed by atoms with Gasteiger partial charge in [-0.1, -0.05) is 23.7 Å². The average molecular weight is 302 g/mol. The van der Waals surface area contributed by atoms with Crippen LogP contribution in [0.4, 0.5) is 11.8 Å². The summed E-state index contributed by atoms with van der Waals surface area (Å²) in [6, 6.07) is 10.8. The summed E-state index contributed by atoms with van der Waals surface area (Å²) in [6.45, 7) is 0. The molecule has 0 saturated carbocycles. The standard InChI is InChI=1S/C14H12ClN5O/c1-16-11-7-6-8(15)12(19-11)13(21)20-14-17-9-4-2-3-5-10(9)18-14/h2-7H,1H3,(H,16,19)(H2,17,18,20,21).